The Morgan fingerprint density at radius 3 is 2.67 bits per heavy atom. The van der Waals surface area contributed by atoms with Gasteiger partial charge in [-0.2, -0.15) is 0 Å². The minimum absolute atomic E-state index is 0.0403. The van der Waals surface area contributed by atoms with Crippen molar-refractivity contribution in [1.82, 2.24) is 9.97 Å². The second-order valence-corrected chi connectivity index (χ2v) is 7.98. The Kier molecular flexibility index (Phi) is 4.95. The number of carbonyl (C=O) groups is 2. The van der Waals surface area contributed by atoms with Crippen molar-refractivity contribution in [1.29, 1.82) is 0 Å². The summed E-state index contributed by atoms with van der Waals surface area (Å²) in [5, 5.41) is 2.88. The average Bonchev–Trinajstić information content (AvgIpc) is 3.22. The molecule has 2 atom stereocenters. The van der Waals surface area contributed by atoms with Crippen molar-refractivity contribution in [3.63, 3.8) is 0 Å². The van der Waals surface area contributed by atoms with E-state index in [1.54, 1.807) is 18.3 Å². The van der Waals surface area contributed by atoms with Crippen LogP contribution in [0.1, 0.15) is 53.6 Å². The van der Waals surface area contributed by atoms with E-state index in [1.165, 1.54) is 0 Å². The first kappa shape index (κ1) is 18.1. The molecule has 1 aliphatic carbocycles. The predicted octanol–water partition coefficient (Wildman–Crippen LogP) is 3.89. The lowest BCUT2D eigenvalue weighted by atomic mass is 10.1. The third-order valence-electron chi connectivity index (χ3n) is 5.32. The predicted molar refractivity (Wildman–Crippen MR) is 107 cm³/mol. The fourth-order valence-electron chi connectivity index (χ4n) is 3.88. The lowest BCUT2D eigenvalue weighted by Crippen LogP contribution is -2.51. The third kappa shape index (κ3) is 3.36. The van der Waals surface area contributed by atoms with Gasteiger partial charge in [0, 0.05) is 11.6 Å². The number of halogens is 1. The van der Waals surface area contributed by atoms with Gasteiger partial charge in [0.25, 0.3) is 0 Å². The summed E-state index contributed by atoms with van der Waals surface area (Å²) in [5.41, 5.74) is 1.22. The third-order valence-corrected chi connectivity index (χ3v) is 6.15. The molecule has 1 aromatic heterocycles. The van der Waals surface area contributed by atoms with E-state index in [-0.39, 0.29) is 17.7 Å². The van der Waals surface area contributed by atoms with Crippen LogP contribution >= 0.6 is 15.9 Å². The Balaban J connectivity index is 1.69. The molecule has 0 saturated heterocycles. The molecule has 7 heteroatoms. The molecule has 0 spiro atoms. The summed E-state index contributed by atoms with van der Waals surface area (Å²) >= 11 is 3.47. The molecule has 27 heavy (non-hydrogen) atoms. The standard InChI is InChI=1S/C20H21BrN4O2/c1-12-20(27)23-15-11-22-18(16(21)17(26)13-7-3-2-4-8-13)24-19(15)25(12)14-9-5-6-10-14/h2-4,7-8,11-12,14,16H,5-6,9-10H2,1H3,(H,23,27). The summed E-state index contributed by atoms with van der Waals surface area (Å²) in [5.74, 6) is 0.996. The molecule has 0 radical (unpaired) electrons. The topological polar surface area (TPSA) is 75.2 Å². The zero-order valence-electron chi connectivity index (χ0n) is 15.1. The van der Waals surface area contributed by atoms with Gasteiger partial charge in [0.15, 0.2) is 17.4 Å². The zero-order valence-corrected chi connectivity index (χ0v) is 16.6. The van der Waals surface area contributed by atoms with Gasteiger partial charge in [-0.15, -0.1) is 0 Å². The number of nitrogens with one attached hydrogen (secondary N) is 1. The number of Topliss-reactive ketones (excluding diaryl/α,β-unsaturated/α-hetero) is 1. The van der Waals surface area contributed by atoms with E-state index in [9.17, 15) is 9.59 Å². The number of aromatic nitrogens is 2. The largest absolute Gasteiger partial charge is 0.340 e. The van der Waals surface area contributed by atoms with Crippen LogP contribution in [0, 0.1) is 0 Å². The molecular formula is C20H21BrN4O2. The van der Waals surface area contributed by atoms with Gasteiger partial charge in [-0.05, 0) is 19.8 Å². The lowest BCUT2D eigenvalue weighted by Gasteiger charge is -2.39. The number of anilines is 2. The maximum absolute atomic E-state index is 12.8. The first-order valence-corrected chi connectivity index (χ1v) is 10.2. The molecule has 6 nitrogen and oxygen atoms in total. The zero-order chi connectivity index (χ0) is 19.0. The molecule has 1 aliphatic heterocycles. The van der Waals surface area contributed by atoms with E-state index in [2.05, 4.69) is 31.1 Å². The molecule has 0 bridgehead atoms. The Morgan fingerprint density at radius 1 is 1.26 bits per heavy atom. The van der Waals surface area contributed by atoms with E-state index in [0.717, 1.165) is 25.7 Å². The number of ketones is 1. The summed E-state index contributed by atoms with van der Waals surface area (Å²) < 4.78 is 0. The van der Waals surface area contributed by atoms with Crippen LogP contribution in [0.25, 0.3) is 0 Å². The summed E-state index contributed by atoms with van der Waals surface area (Å²) in [6.45, 7) is 1.90. The van der Waals surface area contributed by atoms with Crippen LogP contribution in [0.3, 0.4) is 0 Å². The fraction of sp³-hybridized carbons (Fsp3) is 0.400. The van der Waals surface area contributed by atoms with Gasteiger partial charge in [0.05, 0.1) is 6.20 Å². The van der Waals surface area contributed by atoms with E-state index in [4.69, 9.17) is 4.98 Å². The monoisotopic (exact) mass is 428 g/mol. The highest BCUT2D eigenvalue weighted by Gasteiger charge is 2.37. The Labute approximate surface area is 166 Å². The summed E-state index contributed by atoms with van der Waals surface area (Å²) in [6, 6.07) is 9.11. The number of amides is 1. The van der Waals surface area contributed by atoms with Gasteiger partial charge >= 0.3 is 0 Å². The SMILES string of the molecule is CC1C(=O)Nc2cnc(C(Br)C(=O)c3ccccc3)nc2N1C1CCCC1. The molecule has 1 aromatic carbocycles. The molecular weight excluding hydrogens is 408 g/mol. The van der Waals surface area contributed by atoms with Crippen LogP contribution in [0.4, 0.5) is 11.5 Å². The Bertz CT molecular complexity index is 868. The lowest BCUT2D eigenvalue weighted by molar-refractivity contribution is -0.117. The molecule has 1 N–H and O–H groups in total. The second-order valence-electron chi connectivity index (χ2n) is 7.07. The fourth-order valence-corrected chi connectivity index (χ4v) is 4.36. The highest BCUT2D eigenvalue weighted by Crippen LogP contribution is 2.37. The van der Waals surface area contributed by atoms with Gasteiger partial charge in [-0.3, -0.25) is 9.59 Å². The molecule has 4 rings (SSSR count). The molecule has 140 valence electrons. The van der Waals surface area contributed by atoms with E-state index >= 15 is 0 Å². The van der Waals surface area contributed by atoms with Crippen molar-refractivity contribution in [2.75, 3.05) is 10.2 Å². The molecule has 1 fully saturated rings. The summed E-state index contributed by atoms with van der Waals surface area (Å²) in [6.07, 6.45) is 6.04. The van der Waals surface area contributed by atoms with Crippen molar-refractivity contribution in [2.24, 2.45) is 0 Å². The van der Waals surface area contributed by atoms with Gasteiger partial charge in [0.2, 0.25) is 5.91 Å². The van der Waals surface area contributed by atoms with Crippen molar-refractivity contribution in [2.45, 2.75) is 49.5 Å². The van der Waals surface area contributed by atoms with Crippen molar-refractivity contribution < 1.29 is 9.59 Å². The summed E-state index contributed by atoms with van der Waals surface area (Å²) in [4.78, 5) is 35.6. The van der Waals surface area contributed by atoms with Gasteiger partial charge < -0.3 is 10.2 Å². The van der Waals surface area contributed by atoms with Crippen molar-refractivity contribution in [3.05, 3.63) is 47.9 Å². The van der Waals surface area contributed by atoms with Crippen LogP contribution in [0.5, 0.6) is 0 Å². The number of alkyl halides is 1. The van der Waals surface area contributed by atoms with Crippen molar-refractivity contribution >= 4 is 39.1 Å². The van der Waals surface area contributed by atoms with E-state index in [1.807, 2.05) is 25.1 Å². The van der Waals surface area contributed by atoms with Gasteiger partial charge in [-0.25, -0.2) is 9.97 Å². The molecule has 2 aliphatic rings. The van der Waals surface area contributed by atoms with E-state index < -0.39 is 4.83 Å². The van der Waals surface area contributed by atoms with Crippen LogP contribution < -0.4 is 10.2 Å². The van der Waals surface area contributed by atoms with Gasteiger partial charge in [0.1, 0.15) is 16.6 Å². The number of nitrogens with zero attached hydrogens (tertiary/aromatic N) is 3. The first-order chi connectivity index (χ1) is 13.1. The molecule has 2 heterocycles. The van der Waals surface area contributed by atoms with Crippen LogP contribution in [0.15, 0.2) is 36.5 Å². The molecule has 1 amide bonds. The minimum Gasteiger partial charge on any atom is -0.340 e. The minimum atomic E-state index is -0.636. The van der Waals surface area contributed by atoms with Crippen LogP contribution in [0.2, 0.25) is 0 Å². The van der Waals surface area contributed by atoms with Crippen LogP contribution in [-0.4, -0.2) is 33.7 Å². The highest BCUT2D eigenvalue weighted by molar-refractivity contribution is 9.09. The first-order valence-electron chi connectivity index (χ1n) is 9.25. The Hall–Kier alpha value is -2.28. The normalized spacial score (nSPS) is 20.9. The average molecular weight is 429 g/mol. The molecule has 2 unspecified atom stereocenters. The number of fused-ring (bicyclic) bond motifs is 1. The molecule has 2 aromatic rings. The number of hydrogen-bond donors (Lipinski definition) is 1. The van der Waals surface area contributed by atoms with E-state index in [0.29, 0.717) is 28.9 Å². The van der Waals surface area contributed by atoms with Crippen LogP contribution in [-0.2, 0) is 4.79 Å². The smallest absolute Gasteiger partial charge is 0.246 e. The number of rotatable bonds is 4. The quantitative estimate of drug-likeness (QED) is 0.590. The van der Waals surface area contributed by atoms with Gasteiger partial charge in [-0.1, -0.05) is 59.1 Å². The number of benzene rings is 1. The maximum atomic E-state index is 12.8. The van der Waals surface area contributed by atoms with Crippen molar-refractivity contribution in [3.8, 4) is 0 Å². The highest BCUT2D eigenvalue weighted by atomic mass is 79.9. The summed E-state index contributed by atoms with van der Waals surface area (Å²) in [7, 11) is 0. The molecule has 1 saturated carbocycles. The Morgan fingerprint density at radius 2 is 1.96 bits per heavy atom. The second kappa shape index (κ2) is 7.38. The maximum Gasteiger partial charge on any atom is 0.246 e. The number of hydrogen-bond acceptors (Lipinski definition) is 5. The number of carbonyl (C=O) groups excluding carboxylic acids is 2.